The minimum atomic E-state index is -4.62. The number of hydrogen-bond donors (Lipinski definition) is 1. The summed E-state index contributed by atoms with van der Waals surface area (Å²) < 4.78 is 43.5. The van der Waals surface area contributed by atoms with Crippen molar-refractivity contribution in [3.05, 3.63) is 58.6 Å². The summed E-state index contributed by atoms with van der Waals surface area (Å²) in [7, 11) is 0. The molecular formula is C16H10ClF3N2O2. The summed E-state index contributed by atoms with van der Waals surface area (Å²) in [6.45, 7) is -0.456. The number of benzene rings is 2. The molecule has 2 aromatic rings. The standard InChI is InChI=1S/C16H10ClF3N2O2/c17-13-6-5-11(7-12(13)16(18,19)20)22-15(23)9-24-14-4-2-1-3-10(14)8-21/h1-7H,9H2,(H,22,23). The molecule has 0 saturated carbocycles. The van der Waals surface area contributed by atoms with Crippen molar-refractivity contribution in [3.8, 4) is 11.8 Å². The molecule has 0 atom stereocenters. The highest BCUT2D eigenvalue weighted by atomic mass is 35.5. The van der Waals surface area contributed by atoms with Gasteiger partial charge < -0.3 is 10.1 Å². The fourth-order valence-corrected chi connectivity index (χ4v) is 2.07. The Labute approximate surface area is 140 Å². The Hall–Kier alpha value is -2.72. The zero-order chi connectivity index (χ0) is 17.7. The van der Waals surface area contributed by atoms with Crippen LogP contribution >= 0.6 is 11.6 Å². The Morgan fingerprint density at radius 3 is 2.62 bits per heavy atom. The molecule has 1 amide bonds. The normalized spacial score (nSPS) is 10.8. The fourth-order valence-electron chi connectivity index (χ4n) is 1.85. The summed E-state index contributed by atoms with van der Waals surface area (Å²) in [5.74, 6) is -0.458. The van der Waals surface area contributed by atoms with Gasteiger partial charge >= 0.3 is 6.18 Å². The van der Waals surface area contributed by atoms with Gasteiger partial charge in [0, 0.05) is 5.69 Å². The highest BCUT2D eigenvalue weighted by Crippen LogP contribution is 2.36. The number of nitrogens with one attached hydrogen (secondary N) is 1. The van der Waals surface area contributed by atoms with E-state index in [2.05, 4.69) is 5.32 Å². The van der Waals surface area contributed by atoms with E-state index in [1.165, 1.54) is 18.2 Å². The third-order valence-electron chi connectivity index (χ3n) is 2.92. The SMILES string of the molecule is N#Cc1ccccc1OCC(=O)Nc1ccc(Cl)c(C(F)(F)F)c1. The van der Waals surface area contributed by atoms with Gasteiger partial charge in [-0.25, -0.2) is 0 Å². The van der Waals surface area contributed by atoms with E-state index in [0.29, 0.717) is 0 Å². The van der Waals surface area contributed by atoms with Crippen LogP contribution in [0, 0.1) is 11.3 Å². The molecule has 0 heterocycles. The number of carbonyl (C=O) groups is 1. The van der Waals surface area contributed by atoms with E-state index in [-0.39, 0.29) is 17.0 Å². The van der Waals surface area contributed by atoms with Crippen LogP contribution in [0.15, 0.2) is 42.5 Å². The number of nitrogens with zero attached hydrogens (tertiary/aromatic N) is 1. The molecule has 0 aliphatic heterocycles. The minimum Gasteiger partial charge on any atom is -0.482 e. The Bertz CT molecular complexity index is 801. The van der Waals surface area contributed by atoms with Gasteiger partial charge in [0.05, 0.1) is 16.1 Å². The van der Waals surface area contributed by atoms with Gasteiger partial charge in [-0.1, -0.05) is 23.7 Å². The molecule has 0 aliphatic rings. The van der Waals surface area contributed by atoms with Crippen molar-refractivity contribution >= 4 is 23.2 Å². The summed E-state index contributed by atoms with van der Waals surface area (Å²) in [5.41, 5.74) is -0.859. The second-order valence-electron chi connectivity index (χ2n) is 4.64. The van der Waals surface area contributed by atoms with E-state index in [1.54, 1.807) is 12.1 Å². The number of anilines is 1. The van der Waals surface area contributed by atoms with Crippen LogP contribution < -0.4 is 10.1 Å². The molecule has 0 aliphatic carbocycles. The smallest absolute Gasteiger partial charge is 0.417 e. The molecule has 8 heteroatoms. The predicted octanol–water partition coefficient (Wildman–Crippen LogP) is 4.25. The molecule has 0 radical (unpaired) electrons. The molecule has 4 nitrogen and oxygen atoms in total. The number of para-hydroxylation sites is 1. The van der Waals surface area contributed by atoms with Crippen molar-refractivity contribution in [2.45, 2.75) is 6.18 Å². The van der Waals surface area contributed by atoms with Gasteiger partial charge in [0.2, 0.25) is 0 Å². The Kier molecular flexibility index (Phi) is 5.31. The van der Waals surface area contributed by atoms with Crippen LogP contribution in [-0.4, -0.2) is 12.5 Å². The lowest BCUT2D eigenvalue weighted by Gasteiger charge is -2.12. The van der Waals surface area contributed by atoms with E-state index < -0.39 is 29.3 Å². The van der Waals surface area contributed by atoms with E-state index in [1.807, 2.05) is 6.07 Å². The topological polar surface area (TPSA) is 62.1 Å². The Balaban J connectivity index is 2.04. The third-order valence-corrected chi connectivity index (χ3v) is 3.25. The zero-order valence-electron chi connectivity index (χ0n) is 12.0. The van der Waals surface area contributed by atoms with E-state index in [9.17, 15) is 18.0 Å². The monoisotopic (exact) mass is 354 g/mol. The number of amides is 1. The lowest BCUT2D eigenvalue weighted by atomic mass is 10.2. The van der Waals surface area contributed by atoms with E-state index in [4.69, 9.17) is 21.6 Å². The van der Waals surface area contributed by atoms with Crippen LogP contribution in [0.1, 0.15) is 11.1 Å². The largest absolute Gasteiger partial charge is 0.482 e. The maximum atomic E-state index is 12.8. The number of alkyl halides is 3. The van der Waals surface area contributed by atoms with Crippen LogP contribution in [0.2, 0.25) is 5.02 Å². The maximum Gasteiger partial charge on any atom is 0.417 e. The molecule has 2 aromatic carbocycles. The van der Waals surface area contributed by atoms with E-state index in [0.717, 1.165) is 12.1 Å². The summed E-state index contributed by atoms with van der Waals surface area (Å²) in [6.07, 6.45) is -4.62. The zero-order valence-corrected chi connectivity index (χ0v) is 12.8. The molecule has 0 bridgehead atoms. The second kappa shape index (κ2) is 7.23. The first kappa shape index (κ1) is 17.6. The fraction of sp³-hybridized carbons (Fsp3) is 0.125. The van der Waals surface area contributed by atoms with Crippen molar-refractivity contribution in [2.24, 2.45) is 0 Å². The molecule has 2 rings (SSSR count). The molecular weight excluding hydrogens is 345 g/mol. The molecule has 0 aromatic heterocycles. The van der Waals surface area contributed by atoms with Crippen LogP contribution in [0.25, 0.3) is 0 Å². The Morgan fingerprint density at radius 1 is 1.25 bits per heavy atom. The van der Waals surface area contributed by atoms with Gasteiger partial charge in [0.15, 0.2) is 6.61 Å². The minimum absolute atomic E-state index is 0.0612. The summed E-state index contributed by atoms with van der Waals surface area (Å²) in [6, 6.07) is 11.2. The molecule has 0 saturated heterocycles. The van der Waals surface area contributed by atoms with Gasteiger partial charge in [0.1, 0.15) is 11.8 Å². The quantitative estimate of drug-likeness (QED) is 0.892. The number of carbonyl (C=O) groups excluding carboxylic acids is 1. The van der Waals surface area contributed by atoms with Crippen LogP contribution in [0.5, 0.6) is 5.75 Å². The maximum absolute atomic E-state index is 12.8. The van der Waals surface area contributed by atoms with Crippen LogP contribution in [-0.2, 0) is 11.0 Å². The number of nitriles is 1. The number of hydrogen-bond acceptors (Lipinski definition) is 3. The van der Waals surface area contributed by atoms with Gasteiger partial charge in [-0.3, -0.25) is 4.79 Å². The van der Waals surface area contributed by atoms with E-state index >= 15 is 0 Å². The Morgan fingerprint density at radius 2 is 1.96 bits per heavy atom. The molecule has 24 heavy (non-hydrogen) atoms. The average Bonchev–Trinajstić information content (AvgIpc) is 2.54. The molecule has 0 fully saturated rings. The first-order chi connectivity index (χ1) is 11.3. The lowest BCUT2D eigenvalue weighted by Crippen LogP contribution is -2.20. The van der Waals surface area contributed by atoms with Gasteiger partial charge in [-0.05, 0) is 30.3 Å². The number of halogens is 4. The third kappa shape index (κ3) is 4.40. The highest BCUT2D eigenvalue weighted by molar-refractivity contribution is 6.31. The molecule has 124 valence electrons. The lowest BCUT2D eigenvalue weighted by molar-refractivity contribution is -0.137. The van der Waals surface area contributed by atoms with Gasteiger partial charge in [-0.15, -0.1) is 0 Å². The van der Waals surface area contributed by atoms with Crippen molar-refractivity contribution < 1.29 is 22.7 Å². The first-order valence-corrected chi connectivity index (χ1v) is 6.97. The second-order valence-corrected chi connectivity index (χ2v) is 5.04. The summed E-state index contributed by atoms with van der Waals surface area (Å²) in [4.78, 5) is 11.8. The average molecular weight is 355 g/mol. The van der Waals surface area contributed by atoms with Crippen LogP contribution in [0.3, 0.4) is 0 Å². The number of rotatable bonds is 4. The molecule has 1 N–H and O–H groups in total. The van der Waals surface area contributed by atoms with Crippen molar-refractivity contribution in [3.63, 3.8) is 0 Å². The van der Waals surface area contributed by atoms with Gasteiger partial charge in [-0.2, -0.15) is 18.4 Å². The van der Waals surface area contributed by atoms with Crippen molar-refractivity contribution in [2.75, 3.05) is 11.9 Å². The summed E-state index contributed by atoms with van der Waals surface area (Å²) in [5, 5.41) is 10.7. The molecule has 0 spiro atoms. The highest BCUT2D eigenvalue weighted by Gasteiger charge is 2.33. The van der Waals surface area contributed by atoms with Crippen LogP contribution in [0.4, 0.5) is 18.9 Å². The van der Waals surface area contributed by atoms with Gasteiger partial charge in [0.25, 0.3) is 5.91 Å². The molecule has 0 unspecified atom stereocenters. The van der Waals surface area contributed by atoms with Crippen molar-refractivity contribution in [1.82, 2.24) is 0 Å². The van der Waals surface area contributed by atoms with Crippen molar-refractivity contribution in [1.29, 1.82) is 5.26 Å². The summed E-state index contributed by atoms with van der Waals surface area (Å²) >= 11 is 5.50. The number of ether oxygens (including phenoxy) is 1. The predicted molar refractivity (Wildman–Crippen MR) is 81.7 cm³/mol. The first-order valence-electron chi connectivity index (χ1n) is 6.60.